The van der Waals surface area contributed by atoms with Crippen LogP contribution in [-0.4, -0.2) is 17.6 Å². The van der Waals surface area contributed by atoms with Gasteiger partial charge in [0.15, 0.2) is 0 Å². The maximum absolute atomic E-state index is 6.25. The second-order valence-corrected chi connectivity index (χ2v) is 6.04. The van der Waals surface area contributed by atoms with Crippen LogP contribution in [0, 0.1) is 5.92 Å². The van der Waals surface area contributed by atoms with Gasteiger partial charge in [0.1, 0.15) is 0 Å². The normalized spacial score (nSPS) is 18.4. The summed E-state index contributed by atoms with van der Waals surface area (Å²) in [7, 11) is 0. The Morgan fingerprint density at radius 1 is 1.37 bits per heavy atom. The summed E-state index contributed by atoms with van der Waals surface area (Å²) in [4.78, 5) is 4.07. The van der Waals surface area contributed by atoms with Gasteiger partial charge in [-0.05, 0) is 49.8 Å². The first kappa shape index (κ1) is 14.8. The molecule has 3 heteroatoms. The molecule has 1 aromatic rings. The molecule has 1 heterocycles. The van der Waals surface area contributed by atoms with E-state index in [1.165, 1.54) is 44.1 Å². The van der Waals surface area contributed by atoms with Crippen LogP contribution in [0.2, 0.25) is 5.02 Å². The molecule has 2 nitrogen and oxygen atoms in total. The van der Waals surface area contributed by atoms with E-state index in [0.29, 0.717) is 6.04 Å². The SMILES string of the molecule is CCCNC(Cc1ccncc1Cl)C1CCCCC1. The van der Waals surface area contributed by atoms with E-state index in [9.17, 15) is 0 Å². The van der Waals surface area contributed by atoms with E-state index in [1.54, 1.807) is 6.20 Å². The lowest BCUT2D eigenvalue weighted by molar-refractivity contribution is 0.267. The van der Waals surface area contributed by atoms with E-state index in [4.69, 9.17) is 11.6 Å². The molecule has 1 atom stereocenters. The highest BCUT2D eigenvalue weighted by molar-refractivity contribution is 6.31. The summed E-state index contributed by atoms with van der Waals surface area (Å²) in [5.41, 5.74) is 1.23. The molecule has 1 unspecified atom stereocenters. The second kappa shape index (κ2) is 7.86. The van der Waals surface area contributed by atoms with Gasteiger partial charge in [-0.25, -0.2) is 0 Å². The largest absolute Gasteiger partial charge is 0.313 e. The van der Waals surface area contributed by atoms with Crippen molar-refractivity contribution in [1.82, 2.24) is 10.3 Å². The van der Waals surface area contributed by atoms with Crippen molar-refractivity contribution in [1.29, 1.82) is 0 Å². The lowest BCUT2D eigenvalue weighted by atomic mass is 9.81. The molecule has 0 aromatic carbocycles. The van der Waals surface area contributed by atoms with E-state index in [0.717, 1.165) is 23.9 Å². The molecule has 1 aromatic heterocycles. The Balaban J connectivity index is 2.02. The van der Waals surface area contributed by atoms with Gasteiger partial charge in [0.25, 0.3) is 0 Å². The molecule has 1 aliphatic carbocycles. The van der Waals surface area contributed by atoms with Crippen LogP contribution in [0.1, 0.15) is 51.0 Å². The molecule has 0 spiro atoms. The Bertz CT molecular complexity index is 375. The summed E-state index contributed by atoms with van der Waals surface area (Å²) >= 11 is 6.25. The van der Waals surface area contributed by atoms with Gasteiger partial charge >= 0.3 is 0 Å². The molecule has 1 fully saturated rings. The average Bonchev–Trinajstić information content (AvgIpc) is 2.46. The minimum Gasteiger partial charge on any atom is -0.313 e. The van der Waals surface area contributed by atoms with Crippen LogP contribution in [0.4, 0.5) is 0 Å². The quantitative estimate of drug-likeness (QED) is 0.844. The minimum absolute atomic E-state index is 0.570. The lowest BCUT2D eigenvalue weighted by Crippen LogP contribution is -2.39. The highest BCUT2D eigenvalue weighted by Crippen LogP contribution is 2.29. The molecule has 1 N–H and O–H groups in total. The van der Waals surface area contributed by atoms with Crippen LogP contribution in [0.25, 0.3) is 0 Å². The Kier molecular flexibility index (Phi) is 6.12. The molecular formula is C16H25ClN2. The van der Waals surface area contributed by atoms with Crippen molar-refractivity contribution in [2.75, 3.05) is 6.54 Å². The molecule has 2 rings (SSSR count). The third-order valence-corrected chi connectivity index (χ3v) is 4.51. The maximum Gasteiger partial charge on any atom is 0.0621 e. The van der Waals surface area contributed by atoms with E-state index in [-0.39, 0.29) is 0 Å². The summed E-state index contributed by atoms with van der Waals surface area (Å²) in [5.74, 6) is 0.810. The molecule has 19 heavy (non-hydrogen) atoms. The molecule has 0 saturated heterocycles. The molecule has 106 valence electrons. The zero-order chi connectivity index (χ0) is 13.5. The van der Waals surface area contributed by atoms with Gasteiger partial charge in [0.05, 0.1) is 5.02 Å². The van der Waals surface area contributed by atoms with Gasteiger partial charge < -0.3 is 5.32 Å². The van der Waals surface area contributed by atoms with Crippen LogP contribution >= 0.6 is 11.6 Å². The summed E-state index contributed by atoms with van der Waals surface area (Å²) < 4.78 is 0. The average molecular weight is 281 g/mol. The zero-order valence-corrected chi connectivity index (χ0v) is 12.6. The van der Waals surface area contributed by atoms with Crippen molar-refractivity contribution in [3.63, 3.8) is 0 Å². The topological polar surface area (TPSA) is 24.9 Å². The summed E-state index contributed by atoms with van der Waals surface area (Å²) in [6.45, 7) is 3.33. The van der Waals surface area contributed by atoms with Gasteiger partial charge in [0.2, 0.25) is 0 Å². The molecule has 0 amide bonds. The third-order valence-electron chi connectivity index (χ3n) is 4.17. The van der Waals surface area contributed by atoms with Gasteiger partial charge in [-0.1, -0.05) is 37.8 Å². The first-order valence-corrected chi connectivity index (χ1v) is 8.00. The summed E-state index contributed by atoms with van der Waals surface area (Å²) in [6, 6.07) is 2.63. The minimum atomic E-state index is 0.570. The van der Waals surface area contributed by atoms with Crippen molar-refractivity contribution in [2.24, 2.45) is 5.92 Å². The third kappa shape index (κ3) is 4.47. The number of pyridine rings is 1. The maximum atomic E-state index is 6.25. The molecule has 1 saturated carbocycles. The van der Waals surface area contributed by atoms with Gasteiger partial charge in [-0.15, -0.1) is 0 Å². The van der Waals surface area contributed by atoms with Gasteiger partial charge in [-0.2, -0.15) is 0 Å². The van der Waals surface area contributed by atoms with Crippen LogP contribution in [-0.2, 0) is 6.42 Å². The van der Waals surface area contributed by atoms with Crippen molar-refractivity contribution in [3.05, 3.63) is 29.0 Å². The number of rotatable bonds is 6. The van der Waals surface area contributed by atoms with E-state index in [1.807, 2.05) is 6.20 Å². The fourth-order valence-electron chi connectivity index (χ4n) is 3.08. The first-order chi connectivity index (χ1) is 9.31. The van der Waals surface area contributed by atoms with E-state index in [2.05, 4.69) is 23.3 Å². The standard InChI is InChI=1S/C16H25ClN2/c1-2-9-19-16(13-6-4-3-5-7-13)11-14-8-10-18-12-15(14)17/h8,10,12-13,16,19H,2-7,9,11H2,1H3. The van der Waals surface area contributed by atoms with Crippen molar-refractivity contribution >= 4 is 11.6 Å². The molecule has 1 aliphatic rings. The van der Waals surface area contributed by atoms with Crippen LogP contribution in [0.3, 0.4) is 0 Å². The molecule has 0 radical (unpaired) electrons. The highest BCUT2D eigenvalue weighted by Gasteiger charge is 2.23. The number of aromatic nitrogens is 1. The van der Waals surface area contributed by atoms with Crippen molar-refractivity contribution in [3.8, 4) is 0 Å². The number of nitrogens with zero attached hydrogens (tertiary/aromatic N) is 1. The predicted octanol–water partition coefficient (Wildman–Crippen LogP) is 4.23. The number of halogens is 1. The smallest absolute Gasteiger partial charge is 0.0621 e. The fraction of sp³-hybridized carbons (Fsp3) is 0.688. The van der Waals surface area contributed by atoms with E-state index >= 15 is 0 Å². The monoisotopic (exact) mass is 280 g/mol. The van der Waals surface area contributed by atoms with Crippen molar-refractivity contribution in [2.45, 2.75) is 57.9 Å². The van der Waals surface area contributed by atoms with E-state index < -0.39 is 0 Å². The number of hydrogen-bond acceptors (Lipinski definition) is 2. The zero-order valence-electron chi connectivity index (χ0n) is 11.9. The Morgan fingerprint density at radius 2 is 2.16 bits per heavy atom. The van der Waals surface area contributed by atoms with Gasteiger partial charge in [0, 0.05) is 18.4 Å². The Hall–Kier alpha value is -0.600. The lowest BCUT2D eigenvalue weighted by Gasteiger charge is -2.31. The predicted molar refractivity (Wildman–Crippen MR) is 81.6 cm³/mol. The number of hydrogen-bond donors (Lipinski definition) is 1. The van der Waals surface area contributed by atoms with Crippen LogP contribution in [0.15, 0.2) is 18.5 Å². The fourth-order valence-corrected chi connectivity index (χ4v) is 3.27. The Labute approximate surface area is 122 Å². The number of nitrogens with one attached hydrogen (secondary N) is 1. The van der Waals surface area contributed by atoms with Crippen molar-refractivity contribution < 1.29 is 0 Å². The molecule has 0 aliphatic heterocycles. The van der Waals surface area contributed by atoms with Crippen LogP contribution in [0.5, 0.6) is 0 Å². The summed E-state index contributed by atoms with van der Waals surface area (Å²) in [5, 5.41) is 4.54. The molecular weight excluding hydrogens is 256 g/mol. The Morgan fingerprint density at radius 3 is 2.84 bits per heavy atom. The van der Waals surface area contributed by atoms with Crippen LogP contribution < -0.4 is 5.32 Å². The first-order valence-electron chi connectivity index (χ1n) is 7.63. The molecule has 0 bridgehead atoms. The highest BCUT2D eigenvalue weighted by atomic mass is 35.5. The second-order valence-electron chi connectivity index (χ2n) is 5.63. The summed E-state index contributed by atoms with van der Waals surface area (Å²) in [6.07, 6.45) is 12.7. The van der Waals surface area contributed by atoms with Gasteiger partial charge in [-0.3, -0.25) is 4.98 Å².